The fourth-order valence-corrected chi connectivity index (χ4v) is 4.64. The zero-order chi connectivity index (χ0) is 24.1. The number of H-pyrrole nitrogens is 1. The van der Waals surface area contributed by atoms with Gasteiger partial charge in [-0.1, -0.05) is 20.3 Å². The number of carbonyl (C=O) groups is 1. The van der Waals surface area contributed by atoms with Gasteiger partial charge in [-0.25, -0.2) is 0 Å². The summed E-state index contributed by atoms with van der Waals surface area (Å²) in [5.41, 5.74) is 4.28. The van der Waals surface area contributed by atoms with Gasteiger partial charge >= 0.3 is 0 Å². The number of hydrogen-bond donors (Lipinski definition) is 3. The molecule has 34 heavy (non-hydrogen) atoms. The maximum atomic E-state index is 12.3. The van der Waals surface area contributed by atoms with Gasteiger partial charge in [0.1, 0.15) is 5.75 Å². The zero-order valence-corrected chi connectivity index (χ0v) is 20.5. The summed E-state index contributed by atoms with van der Waals surface area (Å²) in [6, 6.07) is 12.2. The lowest BCUT2D eigenvalue weighted by molar-refractivity contribution is -0.123. The number of nitrogens with one attached hydrogen (secondary N) is 3. The highest BCUT2D eigenvalue weighted by Gasteiger charge is 2.19. The summed E-state index contributed by atoms with van der Waals surface area (Å²) in [7, 11) is 3.27. The third-order valence-electron chi connectivity index (χ3n) is 6.39. The van der Waals surface area contributed by atoms with Crippen molar-refractivity contribution < 1.29 is 19.0 Å². The molecule has 182 valence electrons. The van der Waals surface area contributed by atoms with E-state index in [0.29, 0.717) is 29.8 Å². The molecule has 0 bridgehead atoms. The summed E-state index contributed by atoms with van der Waals surface area (Å²) in [4.78, 5) is 15.9. The lowest BCUT2D eigenvalue weighted by atomic mass is 9.96. The van der Waals surface area contributed by atoms with Crippen molar-refractivity contribution in [2.24, 2.45) is 0 Å². The number of ether oxygens (including phenoxy) is 3. The van der Waals surface area contributed by atoms with E-state index in [1.807, 2.05) is 36.4 Å². The van der Waals surface area contributed by atoms with Crippen molar-refractivity contribution >= 4 is 16.8 Å². The topological polar surface area (TPSA) is 84.6 Å². The first-order valence-corrected chi connectivity index (χ1v) is 12.0. The van der Waals surface area contributed by atoms with Gasteiger partial charge in [0.25, 0.3) is 5.91 Å². The van der Waals surface area contributed by atoms with E-state index in [9.17, 15) is 4.79 Å². The van der Waals surface area contributed by atoms with E-state index in [-0.39, 0.29) is 18.4 Å². The van der Waals surface area contributed by atoms with Crippen LogP contribution in [0.25, 0.3) is 22.2 Å². The number of piperidine rings is 1. The Bertz CT molecular complexity index is 1130. The molecule has 1 saturated heterocycles. The van der Waals surface area contributed by atoms with Gasteiger partial charge in [-0.2, -0.15) is 0 Å². The van der Waals surface area contributed by atoms with E-state index in [2.05, 4.69) is 29.5 Å². The summed E-state index contributed by atoms with van der Waals surface area (Å²) in [5.74, 6) is 2.24. The monoisotopic (exact) mass is 465 g/mol. The average molecular weight is 466 g/mol. The molecule has 1 aliphatic heterocycles. The van der Waals surface area contributed by atoms with Crippen LogP contribution in [0, 0.1) is 0 Å². The molecule has 1 unspecified atom stereocenters. The van der Waals surface area contributed by atoms with Crippen LogP contribution >= 0.6 is 0 Å². The van der Waals surface area contributed by atoms with E-state index in [1.165, 1.54) is 18.4 Å². The predicted molar refractivity (Wildman–Crippen MR) is 135 cm³/mol. The molecule has 7 nitrogen and oxygen atoms in total. The summed E-state index contributed by atoms with van der Waals surface area (Å²) >= 11 is 0. The fourth-order valence-electron chi connectivity index (χ4n) is 4.64. The molecule has 0 radical (unpaired) electrons. The van der Waals surface area contributed by atoms with E-state index in [1.54, 1.807) is 14.2 Å². The Morgan fingerprint density at radius 2 is 1.91 bits per heavy atom. The Morgan fingerprint density at radius 1 is 1.09 bits per heavy atom. The number of benzene rings is 2. The number of amides is 1. The van der Waals surface area contributed by atoms with E-state index < -0.39 is 0 Å². The Kier molecular flexibility index (Phi) is 7.63. The molecule has 1 amide bonds. The molecule has 1 aliphatic rings. The van der Waals surface area contributed by atoms with Crippen LogP contribution in [-0.2, 0) is 4.79 Å². The smallest absolute Gasteiger partial charge is 0.257 e. The number of carbonyl (C=O) groups excluding carboxylic acids is 1. The Hall–Kier alpha value is -3.19. The molecule has 1 atom stereocenters. The Balaban J connectivity index is 1.52. The summed E-state index contributed by atoms with van der Waals surface area (Å²) in [6.45, 7) is 6.02. The maximum absolute atomic E-state index is 12.3. The first kappa shape index (κ1) is 24.0. The van der Waals surface area contributed by atoms with Crippen molar-refractivity contribution in [1.82, 2.24) is 15.6 Å². The molecule has 3 N–H and O–H groups in total. The highest BCUT2D eigenvalue weighted by molar-refractivity contribution is 5.92. The first-order chi connectivity index (χ1) is 16.5. The van der Waals surface area contributed by atoms with Crippen molar-refractivity contribution in [2.75, 3.05) is 33.9 Å². The summed E-state index contributed by atoms with van der Waals surface area (Å²) < 4.78 is 16.7. The van der Waals surface area contributed by atoms with Crippen LogP contribution in [-0.4, -0.2) is 50.8 Å². The normalized spacial score (nSPS) is 16.0. The van der Waals surface area contributed by atoms with Crippen molar-refractivity contribution in [2.45, 2.75) is 45.1 Å². The van der Waals surface area contributed by atoms with E-state index in [4.69, 9.17) is 14.2 Å². The molecule has 1 fully saturated rings. The van der Waals surface area contributed by atoms with Crippen molar-refractivity contribution in [3.05, 3.63) is 42.0 Å². The first-order valence-electron chi connectivity index (χ1n) is 12.0. The van der Waals surface area contributed by atoms with Crippen LogP contribution in [0.5, 0.6) is 17.2 Å². The van der Waals surface area contributed by atoms with Gasteiger partial charge in [-0.15, -0.1) is 0 Å². The molecular weight excluding hydrogens is 430 g/mol. The maximum Gasteiger partial charge on any atom is 0.257 e. The van der Waals surface area contributed by atoms with Crippen LogP contribution in [0.15, 0.2) is 36.4 Å². The molecule has 4 rings (SSSR count). The van der Waals surface area contributed by atoms with Crippen LogP contribution in [0.3, 0.4) is 0 Å². The quantitative estimate of drug-likeness (QED) is 0.430. The number of rotatable bonds is 9. The third kappa shape index (κ3) is 5.30. The predicted octanol–water partition coefficient (Wildman–Crippen LogP) is 4.61. The lowest BCUT2D eigenvalue weighted by Gasteiger charge is -2.23. The molecular formula is C27H35N3O4. The van der Waals surface area contributed by atoms with Gasteiger partial charge < -0.3 is 29.8 Å². The molecule has 2 heterocycles. The van der Waals surface area contributed by atoms with Crippen LogP contribution in [0.2, 0.25) is 0 Å². The average Bonchev–Trinajstić information content (AvgIpc) is 3.25. The minimum absolute atomic E-state index is 0.00218. The largest absolute Gasteiger partial charge is 0.493 e. The van der Waals surface area contributed by atoms with Gasteiger partial charge in [0.05, 0.1) is 19.9 Å². The Labute approximate surface area is 201 Å². The summed E-state index contributed by atoms with van der Waals surface area (Å²) in [5, 5.41) is 7.51. The Morgan fingerprint density at radius 3 is 2.62 bits per heavy atom. The summed E-state index contributed by atoms with van der Waals surface area (Å²) in [6.07, 6.45) is 3.52. The number of aromatic amines is 1. The van der Waals surface area contributed by atoms with Crippen molar-refractivity contribution in [3.8, 4) is 28.5 Å². The number of methoxy groups -OCH3 is 2. The number of fused-ring (bicyclic) bond motifs is 1. The van der Waals surface area contributed by atoms with Crippen molar-refractivity contribution in [1.29, 1.82) is 0 Å². The highest BCUT2D eigenvalue weighted by Crippen LogP contribution is 2.39. The van der Waals surface area contributed by atoms with Crippen molar-refractivity contribution in [3.63, 3.8) is 0 Å². The number of aromatic nitrogens is 1. The molecule has 1 aromatic heterocycles. The minimum Gasteiger partial charge on any atom is -0.493 e. The molecule has 0 aliphatic carbocycles. The molecule has 0 saturated carbocycles. The van der Waals surface area contributed by atoms with E-state index in [0.717, 1.165) is 35.1 Å². The SMILES string of the molecule is COc1ccc(-c2[nH]c3ccc(OCC(=O)NCC4CCCCN4)cc3c2C(C)C)cc1OC. The number of hydrogen-bond acceptors (Lipinski definition) is 5. The van der Waals surface area contributed by atoms with Gasteiger partial charge in [-0.3, -0.25) is 4.79 Å². The molecule has 7 heteroatoms. The van der Waals surface area contributed by atoms with Crippen LogP contribution < -0.4 is 24.8 Å². The molecule has 2 aromatic carbocycles. The standard InChI is InChI=1S/C27H35N3O4/c1-17(2)26-21-14-20(34-16-25(31)29-15-19-7-5-6-12-28-19)9-10-22(21)30-27(26)18-8-11-23(32-3)24(13-18)33-4/h8-11,13-14,17,19,28,30H,5-7,12,15-16H2,1-4H3,(H,29,31). The van der Waals surface area contributed by atoms with Gasteiger partial charge in [-0.05, 0) is 67.3 Å². The van der Waals surface area contributed by atoms with Gasteiger partial charge in [0.2, 0.25) is 0 Å². The third-order valence-corrected chi connectivity index (χ3v) is 6.39. The second-order valence-electron chi connectivity index (χ2n) is 9.09. The molecule has 0 spiro atoms. The second kappa shape index (κ2) is 10.8. The molecule has 3 aromatic rings. The zero-order valence-electron chi connectivity index (χ0n) is 20.5. The van der Waals surface area contributed by atoms with Gasteiger partial charge in [0.15, 0.2) is 18.1 Å². The van der Waals surface area contributed by atoms with Crippen LogP contribution in [0.1, 0.15) is 44.6 Å². The fraction of sp³-hybridized carbons (Fsp3) is 0.444. The van der Waals surface area contributed by atoms with Crippen LogP contribution in [0.4, 0.5) is 0 Å². The highest BCUT2D eigenvalue weighted by atomic mass is 16.5. The van der Waals surface area contributed by atoms with E-state index >= 15 is 0 Å². The van der Waals surface area contributed by atoms with Gasteiger partial charge in [0, 0.05) is 29.1 Å². The second-order valence-corrected chi connectivity index (χ2v) is 9.09. The minimum atomic E-state index is -0.100. The lowest BCUT2D eigenvalue weighted by Crippen LogP contribution is -2.44.